The van der Waals surface area contributed by atoms with Crippen LogP contribution in [0.15, 0.2) is 42.5 Å². The molecule has 0 radical (unpaired) electrons. The van der Waals surface area contributed by atoms with Gasteiger partial charge in [-0.2, -0.15) is 0 Å². The fourth-order valence-corrected chi connectivity index (χ4v) is 3.90. The second kappa shape index (κ2) is 9.15. The Bertz CT molecular complexity index is 1070. The predicted octanol–water partition coefficient (Wildman–Crippen LogP) is 4.66. The van der Waals surface area contributed by atoms with Gasteiger partial charge >= 0.3 is 0 Å². The van der Waals surface area contributed by atoms with Gasteiger partial charge in [0.25, 0.3) is 5.91 Å². The van der Waals surface area contributed by atoms with Gasteiger partial charge in [-0.1, -0.05) is 41.4 Å². The van der Waals surface area contributed by atoms with Crippen molar-refractivity contribution < 1.29 is 14.0 Å². The summed E-state index contributed by atoms with van der Waals surface area (Å²) in [7, 11) is 0. The van der Waals surface area contributed by atoms with Gasteiger partial charge in [-0.15, -0.1) is 11.3 Å². The number of thiazole rings is 1. The van der Waals surface area contributed by atoms with E-state index in [1.165, 1.54) is 29.5 Å². The first-order valence-electron chi connectivity index (χ1n) is 8.87. The molecule has 3 aromatic rings. The molecule has 0 saturated heterocycles. The minimum atomic E-state index is -0.554. The van der Waals surface area contributed by atoms with E-state index in [1.54, 1.807) is 6.92 Å². The number of nitrogens with zero attached hydrogens (tertiary/aromatic N) is 1. The number of anilines is 1. The first kappa shape index (κ1) is 21.0. The number of benzene rings is 2. The third-order valence-corrected chi connectivity index (χ3v) is 5.54. The van der Waals surface area contributed by atoms with Crippen LogP contribution in [0.5, 0.6) is 0 Å². The van der Waals surface area contributed by atoms with Gasteiger partial charge in [0, 0.05) is 12.2 Å². The lowest BCUT2D eigenvalue weighted by atomic mass is 10.1. The van der Waals surface area contributed by atoms with Gasteiger partial charge in [-0.05, 0) is 37.6 Å². The molecular weight excluding hydrogens is 413 g/mol. The van der Waals surface area contributed by atoms with E-state index in [-0.39, 0.29) is 23.3 Å². The summed E-state index contributed by atoms with van der Waals surface area (Å²) in [5, 5.41) is 5.98. The van der Waals surface area contributed by atoms with Gasteiger partial charge in [0.2, 0.25) is 5.91 Å². The number of hydrogen-bond donors (Lipinski definition) is 2. The SMILES string of the molecule is Cc1cccc(CNC(=O)c2sc(CC(=O)Nc3ccc(F)c(Cl)c3)nc2C)c1. The van der Waals surface area contributed by atoms with Crippen molar-refractivity contribution in [2.75, 3.05) is 5.32 Å². The van der Waals surface area contributed by atoms with E-state index in [4.69, 9.17) is 11.6 Å². The summed E-state index contributed by atoms with van der Waals surface area (Å²) in [6, 6.07) is 11.8. The summed E-state index contributed by atoms with van der Waals surface area (Å²) in [5.41, 5.74) is 3.11. The molecule has 0 spiro atoms. The molecule has 150 valence electrons. The number of halogens is 2. The maximum Gasteiger partial charge on any atom is 0.263 e. The largest absolute Gasteiger partial charge is 0.347 e. The Labute approximate surface area is 176 Å². The number of amides is 2. The summed E-state index contributed by atoms with van der Waals surface area (Å²) >= 11 is 6.90. The normalized spacial score (nSPS) is 10.6. The molecule has 0 atom stereocenters. The van der Waals surface area contributed by atoms with Crippen LogP contribution in [-0.4, -0.2) is 16.8 Å². The van der Waals surface area contributed by atoms with Crippen LogP contribution in [0, 0.1) is 19.7 Å². The Morgan fingerprint density at radius 2 is 1.97 bits per heavy atom. The standard InChI is InChI=1S/C21H19ClFN3O2S/c1-12-4-3-5-14(8-12)11-24-21(28)20-13(2)25-19(29-20)10-18(27)26-15-6-7-17(23)16(22)9-15/h3-9H,10-11H2,1-2H3,(H,24,28)(H,26,27). The Morgan fingerprint density at radius 1 is 1.17 bits per heavy atom. The molecule has 1 heterocycles. The van der Waals surface area contributed by atoms with Crippen molar-refractivity contribution in [2.45, 2.75) is 26.8 Å². The predicted molar refractivity (Wildman–Crippen MR) is 113 cm³/mol. The van der Waals surface area contributed by atoms with Gasteiger partial charge in [0.15, 0.2) is 0 Å². The van der Waals surface area contributed by atoms with Crippen LogP contribution in [-0.2, 0) is 17.8 Å². The van der Waals surface area contributed by atoms with Crippen molar-refractivity contribution in [1.29, 1.82) is 0 Å². The van der Waals surface area contributed by atoms with Crippen LogP contribution in [0.25, 0.3) is 0 Å². The van der Waals surface area contributed by atoms with Crippen LogP contribution in [0.1, 0.15) is 31.5 Å². The van der Waals surface area contributed by atoms with E-state index in [2.05, 4.69) is 15.6 Å². The van der Waals surface area contributed by atoms with E-state index in [0.29, 0.717) is 27.8 Å². The molecular formula is C21H19ClFN3O2S. The summed E-state index contributed by atoms with van der Waals surface area (Å²) in [6.07, 6.45) is 0.00562. The Kier molecular flexibility index (Phi) is 6.61. The highest BCUT2D eigenvalue weighted by molar-refractivity contribution is 7.13. The number of carbonyl (C=O) groups is 2. The van der Waals surface area contributed by atoms with E-state index in [0.717, 1.165) is 11.1 Å². The van der Waals surface area contributed by atoms with Crippen molar-refractivity contribution in [3.63, 3.8) is 0 Å². The molecule has 3 rings (SSSR count). The minimum Gasteiger partial charge on any atom is -0.347 e. The molecule has 0 unspecified atom stereocenters. The average Bonchev–Trinajstić information content (AvgIpc) is 3.03. The highest BCUT2D eigenvalue weighted by Crippen LogP contribution is 2.21. The number of aromatic nitrogens is 1. The maximum atomic E-state index is 13.2. The van der Waals surface area contributed by atoms with E-state index in [1.807, 2.05) is 31.2 Å². The molecule has 0 aliphatic carbocycles. The van der Waals surface area contributed by atoms with Crippen molar-refractivity contribution in [1.82, 2.24) is 10.3 Å². The smallest absolute Gasteiger partial charge is 0.263 e. The molecule has 0 bridgehead atoms. The quantitative estimate of drug-likeness (QED) is 0.596. The monoisotopic (exact) mass is 431 g/mol. The van der Waals surface area contributed by atoms with E-state index >= 15 is 0 Å². The third-order valence-electron chi connectivity index (χ3n) is 4.10. The molecule has 2 N–H and O–H groups in total. The van der Waals surface area contributed by atoms with Gasteiger partial charge in [0.1, 0.15) is 15.7 Å². The molecule has 8 heteroatoms. The second-order valence-electron chi connectivity index (χ2n) is 6.55. The van der Waals surface area contributed by atoms with Crippen molar-refractivity contribution in [3.8, 4) is 0 Å². The number of nitrogens with one attached hydrogen (secondary N) is 2. The number of hydrogen-bond acceptors (Lipinski definition) is 4. The van der Waals surface area contributed by atoms with Crippen molar-refractivity contribution >= 4 is 40.4 Å². The number of carbonyl (C=O) groups excluding carboxylic acids is 2. The zero-order valence-electron chi connectivity index (χ0n) is 15.9. The molecule has 2 amide bonds. The van der Waals surface area contributed by atoms with Crippen molar-refractivity contribution in [3.05, 3.63) is 80.0 Å². The summed E-state index contributed by atoms with van der Waals surface area (Å²) in [6.45, 7) is 4.15. The lowest BCUT2D eigenvalue weighted by Gasteiger charge is -2.05. The Morgan fingerprint density at radius 3 is 2.69 bits per heavy atom. The molecule has 5 nitrogen and oxygen atoms in total. The highest BCUT2D eigenvalue weighted by Gasteiger charge is 2.17. The fourth-order valence-electron chi connectivity index (χ4n) is 2.74. The summed E-state index contributed by atoms with van der Waals surface area (Å²) < 4.78 is 13.2. The van der Waals surface area contributed by atoms with E-state index in [9.17, 15) is 14.0 Å². The molecule has 0 fully saturated rings. The summed E-state index contributed by atoms with van der Waals surface area (Å²) in [5.74, 6) is -1.10. The topological polar surface area (TPSA) is 71.1 Å². The van der Waals surface area contributed by atoms with Crippen LogP contribution >= 0.6 is 22.9 Å². The van der Waals surface area contributed by atoms with Gasteiger partial charge in [-0.25, -0.2) is 9.37 Å². The first-order chi connectivity index (χ1) is 13.8. The Hall–Kier alpha value is -2.77. The molecule has 2 aromatic carbocycles. The molecule has 29 heavy (non-hydrogen) atoms. The van der Waals surface area contributed by atoms with E-state index < -0.39 is 5.82 Å². The van der Waals surface area contributed by atoms with Crippen LogP contribution in [0.3, 0.4) is 0 Å². The van der Waals surface area contributed by atoms with Gasteiger partial charge < -0.3 is 10.6 Å². The fraction of sp³-hybridized carbons (Fsp3) is 0.190. The number of aryl methyl sites for hydroxylation is 2. The van der Waals surface area contributed by atoms with Gasteiger partial charge in [0.05, 0.1) is 17.1 Å². The van der Waals surface area contributed by atoms with Crippen LogP contribution in [0.2, 0.25) is 5.02 Å². The summed E-state index contributed by atoms with van der Waals surface area (Å²) in [4.78, 5) is 29.5. The zero-order valence-corrected chi connectivity index (χ0v) is 17.5. The third kappa shape index (κ3) is 5.62. The average molecular weight is 432 g/mol. The van der Waals surface area contributed by atoms with Crippen molar-refractivity contribution in [2.24, 2.45) is 0 Å². The second-order valence-corrected chi connectivity index (χ2v) is 8.04. The molecule has 1 aromatic heterocycles. The minimum absolute atomic E-state index is 0.00562. The molecule has 0 aliphatic rings. The lowest BCUT2D eigenvalue weighted by Crippen LogP contribution is -2.22. The zero-order chi connectivity index (χ0) is 21.0. The maximum absolute atomic E-state index is 13.2. The first-order valence-corrected chi connectivity index (χ1v) is 10.1. The van der Waals surface area contributed by atoms with Crippen LogP contribution < -0.4 is 10.6 Å². The number of rotatable bonds is 6. The van der Waals surface area contributed by atoms with Crippen LogP contribution in [0.4, 0.5) is 10.1 Å². The molecule has 0 aliphatic heterocycles. The Balaban J connectivity index is 1.60. The lowest BCUT2D eigenvalue weighted by molar-refractivity contribution is -0.115. The molecule has 0 saturated carbocycles. The van der Waals surface area contributed by atoms with Gasteiger partial charge in [-0.3, -0.25) is 9.59 Å². The highest BCUT2D eigenvalue weighted by atomic mass is 35.5.